The van der Waals surface area contributed by atoms with E-state index >= 15 is 0 Å². The molecule has 0 N–H and O–H groups in total. The van der Waals surface area contributed by atoms with E-state index in [2.05, 4.69) is 5.10 Å². The van der Waals surface area contributed by atoms with Crippen LogP contribution in [0, 0.1) is 6.92 Å². The van der Waals surface area contributed by atoms with Crippen molar-refractivity contribution in [1.29, 1.82) is 0 Å². The normalized spacial score (nSPS) is 10.9. The first kappa shape index (κ1) is 26.9. The highest BCUT2D eigenvalue weighted by Crippen LogP contribution is 2.28. The third kappa shape index (κ3) is 5.95. The maximum absolute atomic E-state index is 13.6. The Balaban J connectivity index is 2.03. The van der Waals surface area contributed by atoms with Crippen LogP contribution in [0.5, 0.6) is 0 Å². The third-order valence-corrected chi connectivity index (χ3v) is 6.87. The van der Waals surface area contributed by atoms with Gasteiger partial charge in [0.15, 0.2) is 11.5 Å². The van der Waals surface area contributed by atoms with Crippen molar-refractivity contribution >= 4 is 52.8 Å². The lowest BCUT2D eigenvalue weighted by atomic mass is 10.0. The maximum Gasteiger partial charge on any atom is 0.276 e. The minimum absolute atomic E-state index is 0.0923. The molecule has 1 aromatic heterocycles. The first-order valence-electron chi connectivity index (χ1n) is 11.3. The standard InChI is InChI=1S/C26H26Cl3N3O3/c1-4-6-11-31(14-17-7-9-20(27)21(28)13-17)26(35)25-24(29)16(3)32(30-25)22-10-8-18(15-33)12-19(22)23(34)5-2/h7-10,12-13,15H,4-6,11,14H2,1-3H3. The number of hydrogen-bond acceptors (Lipinski definition) is 4. The second kappa shape index (κ2) is 11.8. The molecule has 0 aliphatic carbocycles. The quantitative estimate of drug-likeness (QED) is 0.208. The van der Waals surface area contributed by atoms with Gasteiger partial charge in [0, 0.05) is 30.6 Å². The topological polar surface area (TPSA) is 72.3 Å². The Bertz CT molecular complexity index is 1270. The summed E-state index contributed by atoms with van der Waals surface area (Å²) >= 11 is 18.8. The molecule has 3 aromatic rings. The number of benzene rings is 2. The molecule has 1 amide bonds. The summed E-state index contributed by atoms with van der Waals surface area (Å²) in [5.41, 5.74) is 2.63. The lowest BCUT2D eigenvalue weighted by molar-refractivity contribution is 0.0734. The molecule has 0 aliphatic rings. The van der Waals surface area contributed by atoms with Crippen molar-refractivity contribution in [2.45, 2.75) is 46.6 Å². The van der Waals surface area contributed by atoms with Crippen LogP contribution in [0.4, 0.5) is 0 Å². The van der Waals surface area contributed by atoms with Crippen molar-refractivity contribution in [3.05, 3.63) is 79.5 Å². The average molecular weight is 535 g/mol. The first-order valence-corrected chi connectivity index (χ1v) is 12.5. The number of carbonyl (C=O) groups excluding carboxylic acids is 3. The number of ketones is 1. The van der Waals surface area contributed by atoms with E-state index < -0.39 is 0 Å². The van der Waals surface area contributed by atoms with Crippen LogP contribution < -0.4 is 0 Å². The number of rotatable bonds is 10. The van der Waals surface area contributed by atoms with Crippen molar-refractivity contribution in [2.24, 2.45) is 0 Å². The van der Waals surface area contributed by atoms with Crippen molar-refractivity contribution in [3.63, 3.8) is 0 Å². The minimum atomic E-state index is -0.329. The van der Waals surface area contributed by atoms with Gasteiger partial charge in [-0.25, -0.2) is 4.68 Å². The van der Waals surface area contributed by atoms with Gasteiger partial charge in [-0.3, -0.25) is 14.4 Å². The molecular formula is C26H26Cl3N3O3. The molecule has 3 rings (SSSR count). The van der Waals surface area contributed by atoms with E-state index in [0.29, 0.717) is 51.9 Å². The highest BCUT2D eigenvalue weighted by Gasteiger charge is 2.26. The van der Waals surface area contributed by atoms with Crippen molar-refractivity contribution in [1.82, 2.24) is 14.7 Å². The highest BCUT2D eigenvalue weighted by molar-refractivity contribution is 6.42. The summed E-state index contributed by atoms with van der Waals surface area (Å²) in [6, 6.07) is 10.0. The van der Waals surface area contributed by atoms with Gasteiger partial charge >= 0.3 is 0 Å². The Morgan fingerprint density at radius 2 is 1.80 bits per heavy atom. The highest BCUT2D eigenvalue weighted by atomic mass is 35.5. The number of aromatic nitrogens is 2. The van der Waals surface area contributed by atoms with Crippen molar-refractivity contribution in [2.75, 3.05) is 6.54 Å². The molecule has 6 nitrogen and oxygen atoms in total. The molecule has 0 radical (unpaired) electrons. The molecule has 184 valence electrons. The van der Waals surface area contributed by atoms with E-state index in [1.165, 1.54) is 10.7 Å². The SMILES string of the molecule is CCCCN(Cc1ccc(Cl)c(Cl)c1)C(=O)c1nn(-c2ccc(C=O)cc2C(=O)CC)c(C)c1Cl. The summed E-state index contributed by atoms with van der Waals surface area (Å²) in [4.78, 5) is 39.1. The van der Waals surface area contributed by atoms with Gasteiger partial charge in [0.05, 0.1) is 26.4 Å². The number of amides is 1. The lowest BCUT2D eigenvalue weighted by Crippen LogP contribution is -2.32. The summed E-state index contributed by atoms with van der Waals surface area (Å²) in [5.74, 6) is -0.476. The molecule has 0 unspecified atom stereocenters. The zero-order valence-electron chi connectivity index (χ0n) is 19.8. The van der Waals surface area contributed by atoms with E-state index in [1.807, 2.05) is 13.0 Å². The Morgan fingerprint density at radius 3 is 2.43 bits per heavy atom. The Labute approximate surface area is 219 Å². The molecule has 2 aromatic carbocycles. The van der Waals surface area contributed by atoms with E-state index in [4.69, 9.17) is 34.8 Å². The van der Waals surface area contributed by atoms with Crippen LogP contribution in [-0.4, -0.2) is 39.2 Å². The lowest BCUT2D eigenvalue weighted by Gasteiger charge is -2.22. The summed E-state index contributed by atoms with van der Waals surface area (Å²) in [7, 11) is 0. The molecule has 0 aliphatic heterocycles. The fourth-order valence-electron chi connectivity index (χ4n) is 3.69. The molecule has 0 fully saturated rings. The molecule has 9 heteroatoms. The summed E-state index contributed by atoms with van der Waals surface area (Å²) in [6.45, 7) is 6.33. The fourth-order valence-corrected chi connectivity index (χ4v) is 4.21. The Kier molecular flexibility index (Phi) is 9.11. The molecule has 0 saturated carbocycles. The van der Waals surface area contributed by atoms with Crippen LogP contribution in [0.25, 0.3) is 5.69 Å². The van der Waals surface area contributed by atoms with E-state index in [0.717, 1.165) is 18.4 Å². The fraction of sp³-hybridized carbons (Fsp3) is 0.308. The van der Waals surface area contributed by atoms with Crippen LogP contribution >= 0.6 is 34.8 Å². The van der Waals surface area contributed by atoms with Gasteiger partial charge in [-0.2, -0.15) is 5.10 Å². The predicted molar refractivity (Wildman–Crippen MR) is 139 cm³/mol. The first-order chi connectivity index (χ1) is 16.7. The summed E-state index contributed by atoms with van der Waals surface area (Å²) < 4.78 is 1.49. The number of halogens is 3. The summed E-state index contributed by atoms with van der Waals surface area (Å²) in [5, 5.41) is 5.58. The Hall–Kier alpha value is -2.67. The van der Waals surface area contributed by atoms with Gasteiger partial charge < -0.3 is 4.90 Å². The van der Waals surface area contributed by atoms with Gasteiger partial charge in [-0.05, 0) is 49.2 Å². The molecule has 35 heavy (non-hydrogen) atoms. The maximum atomic E-state index is 13.6. The zero-order chi connectivity index (χ0) is 25.7. The smallest absolute Gasteiger partial charge is 0.276 e. The van der Waals surface area contributed by atoms with Crippen LogP contribution in [0.1, 0.15) is 75.6 Å². The number of aldehydes is 1. The molecule has 0 saturated heterocycles. The monoisotopic (exact) mass is 533 g/mol. The summed E-state index contributed by atoms with van der Waals surface area (Å²) in [6.07, 6.45) is 2.64. The molecule has 0 atom stereocenters. The number of hydrogen-bond donors (Lipinski definition) is 0. The largest absolute Gasteiger partial charge is 0.333 e. The molecule has 1 heterocycles. The van der Waals surface area contributed by atoms with E-state index in [-0.39, 0.29) is 28.8 Å². The number of unbranched alkanes of at least 4 members (excludes halogenated alkanes) is 1. The van der Waals surface area contributed by atoms with Gasteiger partial charge in [0.2, 0.25) is 0 Å². The Morgan fingerprint density at radius 1 is 1.06 bits per heavy atom. The van der Waals surface area contributed by atoms with E-state index in [9.17, 15) is 14.4 Å². The molecular weight excluding hydrogens is 509 g/mol. The van der Waals surface area contributed by atoms with Crippen LogP contribution in [-0.2, 0) is 6.54 Å². The number of Topliss-reactive ketones (excluding diaryl/α,β-unsaturated/α-hetero) is 1. The van der Waals surface area contributed by atoms with Gasteiger partial charge in [-0.1, -0.05) is 61.1 Å². The molecule has 0 spiro atoms. The average Bonchev–Trinajstić information content (AvgIpc) is 3.16. The number of nitrogens with zero attached hydrogens (tertiary/aromatic N) is 3. The minimum Gasteiger partial charge on any atom is -0.333 e. The van der Waals surface area contributed by atoms with Crippen molar-refractivity contribution in [3.8, 4) is 5.69 Å². The second-order valence-corrected chi connectivity index (χ2v) is 9.35. The van der Waals surface area contributed by atoms with Crippen LogP contribution in [0.2, 0.25) is 15.1 Å². The number of carbonyl (C=O) groups is 3. The third-order valence-electron chi connectivity index (χ3n) is 5.68. The molecule has 0 bridgehead atoms. The van der Waals surface area contributed by atoms with Gasteiger partial charge in [-0.15, -0.1) is 0 Å². The van der Waals surface area contributed by atoms with E-state index in [1.54, 1.807) is 43.0 Å². The van der Waals surface area contributed by atoms with Crippen LogP contribution in [0.15, 0.2) is 36.4 Å². The zero-order valence-corrected chi connectivity index (χ0v) is 22.0. The predicted octanol–water partition coefficient (Wildman–Crippen LogP) is 6.99. The van der Waals surface area contributed by atoms with Gasteiger partial charge in [0.1, 0.15) is 6.29 Å². The van der Waals surface area contributed by atoms with Crippen LogP contribution in [0.3, 0.4) is 0 Å². The second-order valence-electron chi connectivity index (χ2n) is 8.16. The van der Waals surface area contributed by atoms with Crippen molar-refractivity contribution < 1.29 is 14.4 Å². The van der Waals surface area contributed by atoms with Gasteiger partial charge in [0.25, 0.3) is 5.91 Å².